The lowest BCUT2D eigenvalue weighted by molar-refractivity contribution is -0.133. The van der Waals surface area contributed by atoms with Gasteiger partial charge in [0.2, 0.25) is 5.91 Å². The summed E-state index contributed by atoms with van der Waals surface area (Å²) in [6.45, 7) is 7.43. The lowest BCUT2D eigenvalue weighted by Gasteiger charge is -2.29. The van der Waals surface area contributed by atoms with Crippen LogP contribution in [0.3, 0.4) is 0 Å². The number of rotatable bonds is 14. The van der Waals surface area contributed by atoms with E-state index < -0.39 is 0 Å². The molecule has 0 unspecified atom stereocenters. The first-order chi connectivity index (χ1) is 17.8. The molecule has 218 valence electrons. The van der Waals surface area contributed by atoms with Gasteiger partial charge in [-0.25, -0.2) is 0 Å². The topological polar surface area (TPSA) is 103 Å². The van der Waals surface area contributed by atoms with Gasteiger partial charge in [0, 0.05) is 32.1 Å². The minimum Gasteiger partial charge on any atom is -0.506 e. The summed E-state index contributed by atoms with van der Waals surface area (Å²) >= 11 is 12.0. The zero-order valence-corrected chi connectivity index (χ0v) is 25.4. The average Bonchev–Trinajstić information content (AvgIpc) is 2.88. The van der Waals surface area contributed by atoms with Crippen molar-refractivity contribution < 1.29 is 19.4 Å². The van der Waals surface area contributed by atoms with Crippen molar-refractivity contribution in [3.63, 3.8) is 0 Å². The van der Waals surface area contributed by atoms with Crippen LogP contribution in [0.15, 0.2) is 30.3 Å². The Morgan fingerprint density at radius 3 is 2.51 bits per heavy atom. The maximum absolute atomic E-state index is 12.9. The van der Waals surface area contributed by atoms with E-state index in [9.17, 15) is 14.7 Å². The molecule has 1 atom stereocenters. The second-order valence-electron chi connectivity index (χ2n) is 9.13. The van der Waals surface area contributed by atoms with Crippen LogP contribution in [0, 0.1) is 0 Å². The highest BCUT2D eigenvalue weighted by Crippen LogP contribution is 2.39. The Bertz CT molecular complexity index is 1090. The van der Waals surface area contributed by atoms with Crippen LogP contribution in [0.2, 0.25) is 10.0 Å². The van der Waals surface area contributed by atoms with Gasteiger partial charge in [-0.05, 0) is 68.6 Å². The highest BCUT2D eigenvalue weighted by atomic mass is 35.5. The van der Waals surface area contributed by atoms with Crippen LogP contribution in [-0.4, -0.2) is 67.2 Å². The van der Waals surface area contributed by atoms with E-state index in [0.717, 1.165) is 30.5 Å². The number of nitrogens with one attached hydrogen (secondary N) is 3. The van der Waals surface area contributed by atoms with Gasteiger partial charge in [-0.15, -0.1) is 24.8 Å². The molecule has 2 aromatic carbocycles. The molecule has 0 fully saturated rings. The van der Waals surface area contributed by atoms with E-state index in [1.54, 1.807) is 18.2 Å². The molecule has 0 aromatic heterocycles. The van der Waals surface area contributed by atoms with Crippen LogP contribution in [0.5, 0.6) is 11.5 Å². The monoisotopic (exact) mass is 622 g/mol. The molecule has 2 amide bonds. The first-order valence-corrected chi connectivity index (χ1v) is 13.5. The molecule has 2 aromatic rings. The number of fused-ring (bicyclic) bond motifs is 1. The number of nitrogens with zero attached hydrogens (tertiary/aromatic N) is 1. The Balaban J connectivity index is 0.00000380. The predicted molar refractivity (Wildman–Crippen MR) is 162 cm³/mol. The summed E-state index contributed by atoms with van der Waals surface area (Å²) in [6.07, 6.45) is 2.80. The number of carbonyl (C=O) groups excluding carboxylic acids is 2. The van der Waals surface area contributed by atoms with Gasteiger partial charge in [0.25, 0.3) is 5.91 Å². The molecule has 0 saturated heterocycles. The van der Waals surface area contributed by atoms with Gasteiger partial charge in [0.05, 0.1) is 10.0 Å². The number of phenolic OH excluding ortho intramolecular Hbond substituents is 1. The molecule has 4 N–H and O–H groups in total. The number of hydrogen-bond donors (Lipinski definition) is 4. The van der Waals surface area contributed by atoms with Gasteiger partial charge >= 0.3 is 0 Å². The Labute approximate surface area is 253 Å². The summed E-state index contributed by atoms with van der Waals surface area (Å²) < 4.78 is 5.54. The number of anilines is 1. The normalized spacial score (nSPS) is 12.8. The van der Waals surface area contributed by atoms with Crippen LogP contribution >= 0.6 is 48.0 Å². The van der Waals surface area contributed by atoms with Crippen molar-refractivity contribution in [2.45, 2.75) is 45.6 Å². The second-order valence-corrected chi connectivity index (χ2v) is 9.94. The van der Waals surface area contributed by atoms with E-state index in [1.807, 2.05) is 17.0 Å². The average molecular weight is 624 g/mol. The molecule has 12 heteroatoms. The fraction of sp³-hybridized carbons (Fsp3) is 0.481. The Hall–Kier alpha value is -1.94. The Kier molecular flexibility index (Phi) is 15.9. The van der Waals surface area contributed by atoms with Crippen molar-refractivity contribution in [3.05, 3.63) is 51.5 Å². The van der Waals surface area contributed by atoms with Crippen molar-refractivity contribution in [3.8, 4) is 11.5 Å². The summed E-state index contributed by atoms with van der Waals surface area (Å²) in [4.78, 5) is 26.4. The first kappa shape index (κ1) is 35.1. The molecular weight excluding hydrogens is 586 g/mol. The fourth-order valence-electron chi connectivity index (χ4n) is 4.16. The van der Waals surface area contributed by atoms with Gasteiger partial charge in [0.1, 0.15) is 11.4 Å². The van der Waals surface area contributed by atoms with Gasteiger partial charge in [0.15, 0.2) is 12.4 Å². The van der Waals surface area contributed by atoms with E-state index in [1.165, 1.54) is 0 Å². The third-order valence-electron chi connectivity index (χ3n) is 6.46. The number of carbonyl (C=O) groups is 2. The summed E-state index contributed by atoms with van der Waals surface area (Å²) in [7, 11) is 0. The Morgan fingerprint density at radius 2 is 1.79 bits per heavy atom. The number of aromatic hydroxyl groups is 1. The van der Waals surface area contributed by atoms with Crippen molar-refractivity contribution in [2.24, 2.45) is 0 Å². The van der Waals surface area contributed by atoms with Gasteiger partial charge in [-0.2, -0.15) is 0 Å². The van der Waals surface area contributed by atoms with Crippen LogP contribution < -0.4 is 20.7 Å². The van der Waals surface area contributed by atoms with Crippen LogP contribution in [0.1, 0.15) is 37.8 Å². The van der Waals surface area contributed by atoms with E-state index in [4.69, 9.17) is 27.9 Å². The molecule has 0 radical (unpaired) electrons. The molecule has 0 spiro atoms. The summed E-state index contributed by atoms with van der Waals surface area (Å²) in [5.41, 5.74) is 2.33. The van der Waals surface area contributed by atoms with Crippen molar-refractivity contribution in [2.75, 3.05) is 44.6 Å². The largest absolute Gasteiger partial charge is 0.506 e. The number of halogens is 4. The second kappa shape index (κ2) is 17.7. The van der Waals surface area contributed by atoms with Crippen molar-refractivity contribution in [1.29, 1.82) is 0 Å². The summed E-state index contributed by atoms with van der Waals surface area (Å²) in [6, 6.07) is 9.15. The molecular formula is C27H38Cl4N4O4. The molecule has 1 aliphatic rings. The molecule has 0 aliphatic carbocycles. The first-order valence-electron chi connectivity index (χ1n) is 12.7. The SMILES string of the molecule is CC[C@@H](C)N(CCNCCc1ccc(O)c2c1OCC(=O)N2)C(=O)CCNCCc1ccc(Cl)c(Cl)c1.Cl.Cl. The van der Waals surface area contributed by atoms with Crippen LogP contribution in [0.25, 0.3) is 0 Å². The van der Waals surface area contributed by atoms with E-state index >= 15 is 0 Å². The fourth-order valence-corrected chi connectivity index (χ4v) is 4.48. The van der Waals surface area contributed by atoms with E-state index in [2.05, 4.69) is 29.8 Å². The molecule has 0 saturated carbocycles. The Morgan fingerprint density at radius 1 is 1.08 bits per heavy atom. The molecule has 1 aliphatic heterocycles. The smallest absolute Gasteiger partial charge is 0.262 e. The van der Waals surface area contributed by atoms with Crippen molar-refractivity contribution >= 4 is 65.5 Å². The standard InChI is InChI=1S/C27H36Cl2N4O4.2ClH/c1-3-18(2)33(25(36)10-13-30-11-8-19-4-6-21(28)22(29)16-19)15-14-31-12-9-20-5-7-23(34)26-27(20)37-17-24(35)32-26;;/h4-7,16,18,30-31,34H,3,8-15,17H2,1-2H3,(H,32,35);2*1H/t18-;;/m1../s1. The van der Waals surface area contributed by atoms with Gasteiger partial charge in [-0.3, -0.25) is 9.59 Å². The molecule has 0 bridgehead atoms. The van der Waals surface area contributed by atoms with E-state index in [-0.39, 0.29) is 55.0 Å². The maximum atomic E-state index is 12.9. The third kappa shape index (κ3) is 10.5. The number of ether oxygens (including phenoxy) is 1. The minimum atomic E-state index is -0.283. The van der Waals surface area contributed by atoms with Crippen molar-refractivity contribution in [1.82, 2.24) is 15.5 Å². The third-order valence-corrected chi connectivity index (χ3v) is 7.20. The molecule has 1 heterocycles. The van der Waals surface area contributed by atoms with Crippen LogP contribution in [-0.2, 0) is 22.4 Å². The molecule has 3 rings (SSSR count). The van der Waals surface area contributed by atoms with Crippen LogP contribution in [0.4, 0.5) is 5.69 Å². The highest BCUT2D eigenvalue weighted by molar-refractivity contribution is 6.42. The number of phenols is 1. The van der Waals surface area contributed by atoms with Gasteiger partial charge < -0.3 is 30.7 Å². The number of hydrogen-bond acceptors (Lipinski definition) is 6. The quantitative estimate of drug-likeness (QED) is 0.177. The lowest BCUT2D eigenvalue weighted by Crippen LogP contribution is -2.43. The minimum absolute atomic E-state index is 0. The molecule has 8 nitrogen and oxygen atoms in total. The zero-order chi connectivity index (χ0) is 26.8. The lowest BCUT2D eigenvalue weighted by atomic mass is 10.1. The van der Waals surface area contributed by atoms with E-state index in [0.29, 0.717) is 60.5 Å². The zero-order valence-electron chi connectivity index (χ0n) is 22.2. The van der Waals surface area contributed by atoms with Gasteiger partial charge in [-0.1, -0.05) is 42.3 Å². The highest BCUT2D eigenvalue weighted by Gasteiger charge is 2.22. The summed E-state index contributed by atoms with van der Waals surface area (Å²) in [5.74, 6) is 0.361. The number of amides is 2. The number of benzene rings is 2. The molecule has 39 heavy (non-hydrogen) atoms. The maximum Gasteiger partial charge on any atom is 0.262 e. The predicted octanol–water partition coefficient (Wildman–Crippen LogP) is 4.86. The summed E-state index contributed by atoms with van der Waals surface area (Å²) in [5, 5.41) is 20.5.